The fraction of sp³-hybridized carbons (Fsp3) is 0.611. The van der Waals surface area contributed by atoms with Gasteiger partial charge in [-0.15, -0.1) is 0 Å². The van der Waals surface area contributed by atoms with Gasteiger partial charge in [0.2, 0.25) is 0 Å². The van der Waals surface area contributed by atoms with Gasteiger partial charge in [-0.2, -0.15) is 0 Å². The lowest BCUT2D eigenvalue weighted by Gasteiger charge is -2.38. The van der Waals surface area contributed by atoms with Gasteiger partial charge in [-0.1, -0.05) is 48.8 Å². The van der Waals surface area contributed by atoms with Crippen LogP contribution in [0.5, 0.6) is 0 Å². The molecule has 2 aliphatic rings. The van der Waals surface area contributed by atoms with Crippen LogP contribution >= 0.6 is 15.9 Å². The first-order valence-electron chi connectivity index (χ1n) is 7.75. The van der Waals surface area contributed by atoms with Crippen molar-refractivity contribution in [3.05, 3.63) is 34.3 Å². The van der Waals surface area contributed by atoms with Gasteiger partial charge >= 0.3 is 0 Å². The van der Waals surface area contributed by atoms with Crippen molar-refractivity contribution in [2.75, 3.05) is 6.61 Å². The minimum atomic E-state index is 0.0756. The number of hydrogen-bond acceptors (Lipinski definition) is 2. The van der Waals surface area contributed by atoms with Gasteiger partial charge in [0.1, 0.15) is 6.61 Å². The standard InChI is InChI=1S/C18H23BrO2/c1-17(2)13-8-9-18(17,3)16(10-13)21-11-15(20)12-4-6-14(19)7-5-12/h4-7,13,16H,8-11H2,1-3H3. The molecule has 3 heteroatoms. The number of ether oxygens (including phenoxy) is 1. The molecule has 0 radical (unpaired) electrons. The Morgan fingerprint density at radius 1 is 1.29 bits per heavy atom. The molecule has 2 aliphatic carbocycles. The Labute approximate surface area is 135 Å². The number of carbonyl (C=O) groups is 1. The Kier molecular flexibility index (Phi) is 3.77. The van der Waals surface area contributed by atoms with Crippen molar-refractivity contribution < 1.29 is 9.53 Å². The predicted octanol–water partition coefficient (Wildman–Crippen LogP) is 4.86. The summed E-state index contributed by atoms with van der Waals surface area (Å²) in [5, 5.41) is 0. The molecule has 2 fully saturated rings. The summed E-state index contributed by atoms with van der Waals surface area (Å²) in [7, 11) is 0. The highest BCUT2D eigenvalue weighted by Crippen LogP contribution is 2.66. The second-order valence-electron chi connectivity index (χ2n) is 7.34. The number of benzene rings is 1. The first kappa shape index (κ1) is 15.2. The third-order valence-corrected chi connectivity index (χ3v) is 6.82. The molecule has 2 bridgehead atoms. The maximum atomic E-state index is 12.2. The molecular formula is C18H23BrO2. The van der Waals surface area contributed by atoms with Crippen molar-refractivity contribution in [1.82, 2.24) is 0 Å². The fourth-order valence-corrected chi connectivity index (χ4v) is 4.54. The van der Waals surface area contributed by atoms with E-state index in [0.717, 1.165) is 22.4 Å². The summed E-state index contributed by atoms with van der Waals surface area (Å²) < 4.78 is 7.05. The van der Waals surface area contributed by atoms with Crippen molar-refractivity contribution in [3.63, 3.8) is 0 Å². The van der Waals surface area contributed by atoms with E-state index in [4.69, 9.17) is 4.74 Å². The molecule has 0 N–H and O–H groups in total. The van der Waals surface area contributed by atoms with E-state index in [1.165, 1.54) is 12.8 Å². The van der Waals surface area contributed by atoms with E-state index in [-0.39, 0.29) is 23.9 Å². The number of carbonyl (C=O) groups excluding carboxylic acids is 1. The zero-order valence-electron chi connectivity index (χ0n) is 13.0. The second-order valence-corrected chi connectivity index (χ2v) is 8.26. The third kappa shape index (κ3) is 2.39. The Balaban J connectivity index is 1.64. The molecule has 1 aromatic carbocycles. The quantitative estimate of drug-likeness (QED) is 0.724. The molecule has 0 heterocycles. The zero-order valence-corrected chi connectivity index (χ0v) is 14.6. The maximum absolute atomic E-state index is 12.2. The van der Waals surface area contributed by atoms with Crippen LogP contribution in [0.4, 0.5) is 0 Å². The Hall–Kier alpha value is -0.670. The summed E-state index contributed by atoms with van der Waals surface area (Å²) in [4.78, 5) is 12.2. The van der Waals surface area contributed by atoms with E-state index in [0.29, 0.717) is 5.41 Å². The molecule has 0 aromatic heterocycles. The summed E-state index contributed by atoms with van der Waals surface area (Å²) in [5.74, 6) is 0.821. The van der Waals surface area contributed by atoms with Crippen LogP contribution in [0, 0.1) is 16.7 Å². The number of Topliss-reactive ketones (excluding diaryl/α,β-unsaturated/α-hetero) is 1. The molecule has 3 rings (SSSR count). The van der Waals surface area contributed by atoms with Crippen LogP contribution in [0.3, 0.4) is 0 Å². The number of ketones is 1. The van der Waals surface area contributed by atoms with Crippen molar-refractivity contribution in [3.8, 4) is 0 Å². The fourth-order valence-electron chi connectivity index (χ4n) is 4.28. The van der Waals surface area contributed by atoms with Gasteiger partial charge < -0.3 is 4.74 Å². The van der Waals surface area contributed by atoms with Crippen molar-refractivity contribution in [1.29, 1.82) is 0 Å². The molecular weight excluding hydrogens is 328 g/mol. The highest BCUT2D eigenvalue weighted by Gasteiger charge is 2.61. The van der Waals surface area contributed by atoms with E-state index in [1.54, 1.807) is 0 Å². The molecule has 2 saturated carbocycles. The molecule has 1 aromatic rings. The first-order chi connectivity index (χ1) is 9.84. The van der Waals surface area contributed by atoms with E-state index in [1.807, 2.05) is 24.3 Å². The summed E-state index contributed by atoms with van der Waals surface area (Å²) in [6.07, 6.45) is 3.87. The number of hydrogen-bond donors (Lipinski definition) is 0. The van der Waals surface area contributed by atoms with Crippen LogP contribution in [0.15, 0.2) is 28.7 Å². The largest absolute Gasteiger partial charge is 0.369 e. The maximum Gasteiger partial charge on any atom is 0.188 e. The summed E-state index contributed by atoms with van der Waals surface area (Å²) in [5.41, 5.74) is 1.28. The smallest absolute Gasteiger partial charge is 0.188 e. The van der Waals surface area contributed by atoms with Crippen LogP contribution in [-0.2, 0) is 4.74 Å². The first-order valence-corrected chi connectivity index (χ1v) is 8.54. The van der Waals surface area contributed by atoms with Gasteiger partial charge in [-0.05, 0) is 48.1 Å². The third-order valence-electron chi connectivity index (χ3n) is 6.30. The lowest BCUT2D eigenvalue weighted by atomic mass is 9.70. The number of fused-ring (bicyclic) bond motifs is 2. The molecule has 2 nitrogen and oxygen atoms in total. The molecule has 114 valence electrons. The molecule has 0 spiro atoms. The highest BCUT2D eigenvalue weighted by molar-refractivity contribution is 9.10. The molecule has 0 aliphatic heterocycles. The van der Waals surface area contributed by atoms with E-state index < -0.39 is 0 Å². The van der Waals surface area contributed by atoms with Crippen molar-refractivity contribution in [2.45, 2.75) is 46.1 Å². The SMILES string of the molecule is CC1(C)C2CCC1(C)C(OCC(=O)c1ccc(Br)cc1)C2. The van der Waals surface area contributed by atoms with Crippen LogP contribution in [-0.4, -0.2) is 18.5 Å². The molecule has 21 heavy (non-hydrogen) atoms. The minimum absolute atomic E-state index is 0.0756. The zero-order chi connectivity index (χ0) is 15.3. The lowest BCUT2D eigenvalue weighted by molar-refractivity contribution is -0.0390. The Morgan fingerprint density at radius 3 is 2.48 bits per heavy atom. The Bertz CT molecular complexity index is 549. The van der Waals surface area contributed by atoms with Crippen molar-refractivity contribution in [2.24, 2.45) is 16.7 Å². The minimum Gasteiger partial charge on any atom is -0.369 e. The van der Waals surface area contributed by atoms with Gasteiger partial charge in [0, 0.05) is 10.0 Å². The predicted molar refractivity (Wildman–Crippen MR) is 87.4 cm³/mol. The molecule has 0 amide bonds. The van der Waals surface area contributed by atoms with Crippen LogP contribution in [0.25, 0.3) is 0 Å². The summed E-state index contributed by atoms with van der Waals surface area (Å²) >= 11 is 3.39. The summed E-state index contributed by atoms with van der Waals surface area (Å²) in [6, 6.07) is 7.49. The monoisotopic (exact) mass is 350 g/mol. The molecule has 0 saturated heterocycles. The average molecular weight is 351 g/mol. The number of halogens is 1. The van der Waals surface area contributed by atoms with Crippen molar-refractivity contribution >= 4 is 21.7 Å². The van der Waals surface area contributed by atoms with Gasteiger partial charge in [-0.25, -0.2) is 0 Å². The summed E-state index contributed by atoms with van der Waals surface area (Å²) in [6.45, 7) is 7.27. The van der Waals surface area contributed by atoms with Crippen LogP contribution in [0.2, 0.25) is 0 Å². The average Bonchev–Trinajstić information content (AvgIpc) is 2.78. The van der Waals surface area contributed by atoms with Gasteiger partial charge in [-0.3, -0.25) is 4.79 Å². The molecule has 3 unspecified atom stereocenters. The Morgan fingerprint density at radius 2 is 1.95 bits per heavy atom. The van der Waals surface area contributed by atoms with E-state index >= 15 is 0 Å². The van der Waals surface area contributed by atoms with Crippen LogP contribution in [0.1, 0.15) is 50.4 Å². The molecule has 3 atom stereocenters. The second kappa shape index (κ2) is 5.20. The lowest BCUT2D eigenvalue weighted by Crippen LogP contribution is -2.38. The van der Waals surface area contributed by atoms with E-state index in [2.05, 4.69) is 36.7 Å². The van der Waals surface area contributed by atoms with E-state index in [9.17, 15) is 4.79 Å². The highest BCUT2D eigenvalue weighted by atomic mass is 79.9. The topological polar surface area (TPSA) is 26.3 Å². The number of rotatable bonds is 4. The van der Waals surface area contributed by atoms with Crippen LogP contribution < -0.4 is 0 Å². The van der Waals surface area contributed by atoms with Gasteiger partial charge in [0.15, 0.2) is 5.78 Å². The van der Waals surface area contributed by atoms with Gasteiger partial charge in [0.05, 0.1) is 6.10 Å². The normalized spacial score (nSPS) is 33.3. The van der Waals surface area contributed by atoms with Gasteiger partial charge in [0.25, 0.3) is 0 Å².